The molecule has 0 radical (unpaired) electrons. The van der Waals surface area contributed by atoms with Crippen molar-refractivity contribution in [2.24, 2.45) is 5.92 Å². The van der Waals surface area contributed by atoms with Crippen molar-refractivity contribution in [1.82, 2.24) is 16.0 Å². The third kappa shape index (κ3) is 7.28. The van der Waals surface area contributed by atoms with Crippen LogP contribution in [0.2, 0.25) is 0 Å². The molecule has 5 heteroatoms. The second-order valence-electron chi connectivity index (χ2n) is 6.21. The molecule has 0 fully saturated rings. The fourth-order valence-corrected chi connectivity index (χ4v) is 2.31. The molecule has 0 bridgehead atoms. The van der Waals surface area contributed by atoms with Crippen molar-refractivity contribution in [3.8, 4) is 0 Å². The van der Waals surface area contributed by atoms with Crippen molar-refractivity contribution in [2.75, 3.05) is 13.1 Å². The fraction of sp³-hybridized carbons (Fsp3) is 0.556. The number of nitrogens with one attached hydrogen (secondary N) is 3. The average molecular weight is 319 g/mol. The highest BCUT2D eigenvalue weighted by molar-refractivity contribution is 5.88. The predicted octanol–water partition coefficient (Wildman–Crippen LogP) is 2.00. The largest absolute Gasteiger partial charge is 0.352 e. The van der Waals surface area contributed by atoms with Crippen molar-refractivity contribution in [2.45, 2.75) is 46.2 Å². The molecule has 23 heavy (non-hydrogen) atoms. The quantitative estimate of drug-likeness (QED) is 0.652. The first-order valence-corrected chi connectivity index (χ1v) is 8.29. The standard InChI is InChI=1S/C18H29N3O2/c1-5-19-14(4)12-20-18(23)17(15-9-7-6-8-10-15)21-16(22)11-13(2)3/h6-10,13-14,17,19H,5,11-12H2,1-4H3,(H,20,23)(H,21,22)/t14-,17?/m1/s1. The summed E-state index contributed by atoms with van der Waals surface area (Å²) in [4.78, 5) is 24.6. The topological polar surface area (TPSA) is 70.2 Å². The van der Waals surface area contributed by atoms with E-state index in [2.05, 4.69) is 16.0 Å². The molecule has 3 N–H and O–H groups in total. The number of amides is 2. The van der Waals surface area contributed by atoms with Gasteiger partial charge in [-0.25, -0.2) is 0 Å². The Morgan fingerprint density at radius 2 is 1.74 bits per heavy atom. The van der Waals surface area contributed by atoms with Crippen LogP contribution in [0.1, 0.15) is 45.7 Å². The van der Waals surface area contributed by atoms with Crippen LogP contribution in [-0.4, -0.2) is 30.9 Å². The number of benzene rings is 1. The van der Waals surface area contributed by atoms with Crippen LogP contribution in [-0.2, 0) is 9.59 Å². The van der Waals surface area contributed by atoms with E-state index in [0.717, 1.165) is 12.1 Å². The molecule has 0 saturated heterocycles. The molecule has 1 aromatic carbocycles. The molecular weight excluding hydrogens is 290 g/mol. The third-order valence-corrected chi connectivity index (χ3v) is 3.43. The Hall–Kier alpha value is -1.88. The van der Waals surface area contributed by atoms with Crippen molar-refractivity contribution in [3.05, 3.63) is 35.9 Å². The second kappa shape index (κ2) is 10.0. The third-order valence-electron chi connectivity index (χ3n) is 3.43. The van der Waals surface area contributed by atoms with Crippen molar-refractivity contribution in [1.29, 1.82) is 0 Å². The fourth-order valence-electron chi connectivity index (χ4n) is 2.31. The molecule has 0 aliphatic carbocycles. The summed E-state index contributed by atoms with van der Waals surface area (Å²) in [6.45, 7) is 9.38. The monoisotopic (exact) mass is 319 g/mol. The molecule has 1 unspecified atom stereocenters. The van der Waals surface area contributed by atoms with Crippen LogP contribution in [0.5, 0.6) is 0 Å². The van der Waals surface area contributed by atoms with Gasteiger partial charge in [0.25, 0.3) is 0 Å². The van der Waals surface area contributed by atoms with Gasteiger partial charge < -0.3 is 16.0 Å². The van der Waals surface area contributed by atoms with E-state index in [1.807, 2.05) is 58.0 Å². The van der Waals surface area contributed by atoms with E-state index in [1.54, 1.807) is 0 Å². The Bertz CT molecular complexity index is 488. The predicted molar refractivity (Wildman–Crippen MR) is 92.9 cm³/mol. The van der Waals surface area contributed by atoms with E-state index in [-0.39, 0.29) is 23.8 Å². The van der Waals surface area contributed by atoms with Crippen LogP contribution in [0.25, 0.3) is 0 Å². The zero-order valence-electron chi connectivity index (χ0n) is 14.6. The summed E-state index contributed by atoms with van der Waals surface area (Å²) in [6.07, 6.45) is 0.407. The van der Waals surface area contributed by atoms with Gasteiger partial charge in [0, 0.05) is 19.0 Å². The molecule has 2 amide bonds. The molecule has 128 valence electrons. The van der Waals surface area contributed by atoms with Gasteiger partial charge in [0.2, 0.25) is 11.8 Å². The highest BCUT2D eigenvalue weighted by Gasteiger charge is 2.23. The Morgan fingerprint density at radius 1 is 1.09 bits per heavy atom. The van der Waals surface area contributed by atoms with Gasteiger partial charge in [0.05, 0.1) is 0 Å². The van der Waals surface area contributed by atoms with Gasteiger partial charge in [-0.15, -0.1) is 0 Å². The molecule has 1 rings (SSSR count). The Morgan fingerprint density at radius 3 is 2.30 bits per heavy atom. The van der Waals surface area contributed by atoms with E-state index in [1.165, 1.54) is 0 Å². The summed E-state index contributed by atoms with van der Waals surface area (Å²) in [5, 5.41) is 9.00. The van der Waals surface area contributed by atoms with Crippen LogP contribution in [0.4, 0.5) is 0 Å². The summed E-state index contributed by atoms with van der Waals surface area (Å²) >= 11 is 0. The molecule has 2 atom stereocenters. The van der Waals surface area contributed by atoms with E-state index < -0.39 is 6.04 Å². The number of hydrogen-bond donors (Lipinski definition) is 3. The molecule has 5 nitrogen and oxygen atoms in total. The molecule has 1 aromatic rings. The SMILES string of the molecule is CCN[C@H](C)CNC(=O)C(NC(=O)CC(C)C)c1ccccc1. The van der Waals surface area contributed by atoms with Gasteiger partial charge in [0.1, 0.15) is 6.04 Å². The van der Waals surface area contributed by atoms with Crippen LogP contribution < -0.4 is 16.0 Å². The lowest BCUT2D eigenvalue weighted by molar-refractivity contribution is -0.129. The maximum atomic E-state index is 12.5. The zero-order valence-corrected chi connectivity index (χ0v) is 14.6. The van der Waals surface area contributed by atoms with E-state index in [9.17, 15) is 9.59 Å². The lowest BCUT2D eigenvalue weighted by Gasteiger charge is -2.21. The van der Waals surface area contributed by atoms with Crippen LogP contribution in [0.15, 0.2) is 30.3 Å². The molecule has 0 heterocycles. The van der Waals surface area contributed by atoms with E-state index in [0.29, 0.717) is 13.0 Å². The Balaban J connectivity index is 2.75. The molecular formula is C18H29N3O2. The van der Waals surface area contributed by atoms with Gasteiger partial charge in [-0.2, -0.15) is 0 Å². The van der Waals surface area contributed by atoms with Crippen LogP contribution in [0.3, 0.4) is 0 Å². The summed E-state index contributed by atoms with van der Waals surface area (Å²) in [5.41, 5.74) is 0.790. The average Bonchev–Trinajstić information content (AvgIpc) is 2.51. The maximum absolute atomic E-state index is 12.5. The van der Waals surface area contributed by atoms with Gasteiger partial charge >= 0.3 is 0 Å². The summed E-state index contributed by atoms with van der Waals surface area (Å²) in [7, 11) is 0. The van der Waals surface area contributed by atoms with Gasteiger partial charge in [-0.3, -0.25) is 9.59 Å². The minimum atomic E-state index is -0.656. The number of rotatable bonds is 9. The number of carbonyl (C=O) groups is 2. The highest BCUT2D eigenvalue weighted by Crippen LogP contribution is 2.14. The summed E-state index contributed by atoms with van der Waals surface area (Å²) in [5.74, 6) is -0.0370. The lowest BCUT2D eigenvalue weighted by atomic mass is 10.0. The minimum absolute atomic E-state index is 0.108. The Labute approximate surface area is 139 Å². The van der Waals surface area contributed by atoms with Crippen molar-refractivity contribution in [3.63, 3.8) is 0 Å². The number of likely N-dealkylation sites (N-methyl/N-ethyl adjacent to an activating group) is 1. The van der Waals surface area contributed by atoms with E-state index >= 15 is 0 Å². The zero-order chi connectivity index (χ0) is 17.2. The van der Waals surface area contributed by atoms with Crippen LogP contribution in [0, 0.1) is 5.92 Å². The normalized spacial score (nSPS) is 13.4. The first-order valence-electron chi connectivity index (χ1n) is 8.29. The molecule has 0 saturated carbocycles. The van der Waals surface area contributed by atoms with Crippen molar-refractivity contribution >= 4 is 11.8 Å². The molecule has 0 aliphatic rings. The number of hydrogen-bond acceptors (Lipinski definition) is 3. The Kier molecular flexibility index (Phi) is 8.33. The van der Waals surface area contributed by atoms with Gasteiger partial charge in [-0.1, -0.05) is 51.1 Å². The smallest absolute Gasteiger partial charge is 0.247 e. The van der Waals surface area contributed by atoms with E-state index in [4.69, 9.17) is 0 Å². The molecule has 0 spiro atoms. The number of carbonyl (C=O) groups excluding carboxylic acids is 2. The molecule has 0 aliphatic heterocycles. The minimum Gasteiger partial charge on any atom is -0.352 e. The highest BCUT2D eigenvalue weighted by atomic mass is 16.2. The van der Waals surface area contributed by atoms with Gasteiger partial charge in [0.15, 0.2) is 0 Å². The van der Waals surface area contributed by atoms with Gasteiger partial charge in [-0.05, 0) is 24.9 Å². The second-order valence-corrected chi connectivity index (χ2v) is 6.21. The van der Waals surface area contributed by atoms with Crippen molar-refractivity contribution < 1.29 is 9.59 Å². The first-order chi connectivity index (χ1) is 10.9. The summed E-state index contributed by atoms with van der Waals surface area (Å²) < 4.78 is 0. The van der Waals surface area contributed by atoms with Crippen LogP contribution >= 0.6 is 0 Å². The summed E-state index contributed by atoms with van der Waals surface area (Å²) in [6, 6.07) is 8.86. The maximum Gasteiger partial charge on any atom is 0.247 e. The lowest BCUT2D eigenvalue weighted by Crippen LogP contribution is -2.45. The first kappa shape index (κ1) is 19.2. The molecule has 0 aromatic heterocycles.